The first-order chi connectivity index (χ1) is 9.79. The van der Waals surface area contributed by atoms with Crippen molar-refractivity contribution >= 4 is 39.3 Å². The number of rotatable bonds is 6. The maximum Gasteiger partial charge on any atom is 0.319 e. The monoisotopic (exact) mass is 359 g/mol. The Morgan fingerprint density at radius 3 is 2.71 bits per heavy atom. The molecule has 1 rings (SSSR count). The Labute approximate surface area is 128 Å². The zero-order valence-electron chi connectivity index (χ0n) is 11.1. The molecule has 0 aliphatic rings. The van der Waals surface area contributed by atoms with Gasteiger partial charge < -0.3 is 15.7 Å². The van der Waals surface area contributed by atoms with E-state index in [2.05, 4.69) is 26.6 Å². The number of carbonyl (C=O) groups excluding carboxylic acids is 1. The van der Waals surface area contributed by atoms with E-state index in [1.54, 1.807) is 6.92 Å². The van der Waals surface area contributed by atoms with E-state index in [-0.39, 0.29) is 23.8 Å². The number of nitro groups is 1. The van der Waals surface area contributed by atoms with Crippen LogP contribution < -0.4 is 10.6 Å². The van der Waals surface area contributed by atoms with Gasteiger partial charge in [0.05, 0.1) is 9.40 Å². The minimum absolute atomic E-state index is 0.0504. The van der Waals surface area contributed by atoms with Gasteiger partial charge in [0.15, 0.2) is 0 Å². The van der Waals surface area contributed by atoms with Crippen molar-refractivity contribution in [3.05, 3.63) is 32.8 Å². The fraction of sp³-hybridized carbons (Fsp3) is 0.333. The molecule has 0 aromatic heterocycles. The number of urea groups is 1. The maximum atomic E-state index is 11.7. The molecular weight excluding hydrogens is 346 g/mol. The van der Waals surface area contributed by atoms with Crippen molar-refractivity contribution in [2.24, 2.45) is 0 Å². The summed E-state index contributed by atoms with van der Waals surface area (Å²) in [6, 6.07) is 3.32. The molecule has 0 fully saturated rings. The van der Waals surface area contributed by atoms with E-state index in [1.165, 1.54) is 18.2 Å². The number of carboxylic acid groups (broad SMARTS) is 1. The first-order valence-corrected chi connectivity index (χ1v) is 6.82. The molecule has 0 bridgehead atoms. The van der Waals surface area contributed by atoms with Gasteiger partial charge in [-0.2, -0.15) is 0 Å². The van der Waals surface area contributed by atoms with Crippen LogP contribution in [0.25, 0.3) is 0 Å². The van der Waals surface area contributed by atoms with Gasteiger partial charge in [0.2, 0.25) is 0 Å². The Kier molecular flexibility index (Phi) is 6.10. The number of hydrogen-bond donors (Lipinski definition) is 3. The third kappa shape index (κ3) is 5.78. The van der Waals surface area contributed by atoms with Crippen molar-refractivity contribution in [1.82, 2.24) is 5.32 Å². The van der Waals surface area contributed by atoms with Gasteiger partial charge in [-0.05, 0) is 41.4 Å². The lowest BCUT2D eigenvalue weighted by Crippen LogP contribution is -2.36. The Morgan fingerprint density at radius 1 is 1.48 bits per heavy atom. The molecule has 0 aliphatic carbocycles. The second-order valence-corrected chi connectivity index (χ2v) is 5.21. The second-order valence-electron chi connectivity index (χ2n) is 4.36. The number of nitrogens with one attached hydrogen (secondary N) is 2. The highest BCUT2D eigenvalue weighted by Gasteiger charge is 2.14. The predicted molar refractivity (Wildman–Crippen MR) is 79.3 cm³/mol. The molecule has 1 unspecified atom stereocenters. The standard InChI is InChI=1S/C12H14BrN3O5/c1-7(2-5-11(17)18)14-12(19)15-8-3-4-9(13)10(6-8)16(20)21/h3-4,6-7H,2,5H2,1H3,(H,17,18)(H2,14,15,19). The Hall–Kier alpha value is -2.16. The minimum atomic E-state index is -0.937. The quantitative estimate of drug-likeness (QED) is 0.532. The molecule has 3 N–H and O–H groups in total. The number of amides is 2. The summed E-state index contributed by atoms with van der Waals surface area (Å²) in [7, 11) is 0. The summed E-state index contributed by atoms with van der Waals surface area (Å²) >= 11 is 3.05. The van der Waals surface area contributed by atoms with E-state index in [1.807, 2.05) is 0 Å². The number of halogens is 1. The molecule has 21 heavy (non-hydrogen) atoms. The van der Waals surface area contributed by atoms with E-state index >= 15 is 0 Å². The van der Waals surface area contributed by atoms with Crippen LogP contribution in [0.15, 0.2) is 22.7 Å². The summed E-state index contributed by atoms with van der Waals surface area (Å²) in [5.41, 5.74) is 0.111. The molecule has 1 aromatic rings. The highest BCUT2D eigenvalue weighted by molar-refractivity contribution is 9.10. The second kappa shape index (κ2) is 7.58. The van der Waals surface area contributed by atoms with Crippen LogP contribution in [0.2, 0.25) is 0 Å². The average molecular weight is 360 g/mol. The van der Waals surface area contributed by atoms with Gasteiger partial charge >= 0.3 is 12.0 Å². The van der Waals surface area contributed by atoms with E-state index in [9.17, 15) is 19.7 Å². The van der Waals surface area contributed by atoms with Crippen LogP contribution in [-0.2, 0) is 4.79 Å². The summed E-state index contributed by atoms with van der Waals surface area (Å²) in [6.45, 7) is 1.67. The third-order valence-corrected chi connectivity index (χ3v) is 3.24. The number of benzene rings is 1. The van der Waals surface area contributed by atoms with Crippen molar-refractivity contribution in [2.45, 2.75) is 25.8 Å². The van der Waals surface area contributed by atoms with Crippen LogP contribution in [0, 0.1) is 10.1 Å². The summed E-state index contributed by atoms with van der Waals surface area (Å²) < 4.78 is 0.313. The Morgan fingerprint density at radius 2 is 2.14 bits per heavy atom. The van der Waals surface area contributed by atoms with Gasteiger partial charge in [0, 0.05) is 24.2 Å². The number of nitrogens with zero attached hydrogens (tertiary/aromatic N) is 1. The molecule has 114 valence electrons. The lowest BCUT2D eigenvalue weighted by atomic mass is 10.2. The third-order valence-electron chi connectivity index (χ3n) is 2.57. The predicted octanol–water partition coefficient (Wildman–Crippen LogP) is 2.73. The van der Waals surface area contributed by atoms with Crippen molar-refractivity contribution in [1.29, 1.82) is 0 Å². The largest absolute Gasteiger partial charge is 0.481 e. The molecule has 1 aromatic carbocycles. The lowest BCUT2D eigenvalue weighted by molar-refractivity contribution is -0.385. The SMILES string of the molecule is CC(CCC(=O)O)NC(=O)Nc1ccc(Br)c([N+](=O)[O-])c1. The van der Waals surface area contributed by atoms with Crippen LogP contribution in [0.3, 0.4) is 0 Å². The summed E-state index contributed by atoms with van der Waals surface area (Å²) in [6.07, 6.45) is 0.244. The van der Waals surface area contributed by atoms with Crippen LogP contribution in [0.1, 0.15) is 19.8 Å². The zero-order valence-corrected chi connectivity index (χ0v) is 12.7. The molecule has 2 amide bonds. The first-order valence-electron chi connectivity index (χ1n) is 6.03. The molecule has 0 heterocycles. The number of anilines is 1. The van der Waals surface area contributed by atoms with Crippen LogP contribution in [0.5, 0.6) is 0 Å². The van der Waals surface area contributed by atoms with Gasteiger partial charge in [-0.25, -0.2) is 4.79 Å². The molecular formula is C12H14BrN3O5. The molecule has 0 aliphatic heterocycles. The van der Waals surface area contributed by atoms with Gasteiger partial charge in [-0.3, -0.25) is 14.9 Å². The fourth-order valence-electron chi connectivity index (χ4n) is 1.53. The number of carbonyl (C=O) groups is 2. The molecule has 0 spiro atoms. The molecule has 8 nitrogen and oxygen atoms in total. The Balaban J connectivity index is 2.61. The summed E-state index contributed by atoms with van der Waals surface area (Å²) in [5, 5.41) is 24.3. The van der Waals surface area contributed by atoms with E-state index in [4.69, 9.17) is 5.11 Å². The molecule has 0 radical (unpaired) electrons. The molecule has 9 heteroatoms. The van der Waals surface area contributed by atoms with Crippen molar-refractivity contribution in [3.8, 4) is 0 Å². The fourth-order valence-corrected chi connectivity index (χ4v) is 1.92. The highest BCUT2D eigenvalue weighted by atomic mass is 79.9. The minimum Gasteiger partial charge on any atom is -0.481 e. The number of carboxylic acids is 1. The maximum absolute atomic E-state index is 11.7. The zero-order chi connectivity index (χ0) is 16.0. The van der Waals surface area contributed by atoms with Gasteiger partial charge in [0.1, 0.15) is 0 Å². The van der Waals surface area contributed by atoms with Gasteiger partial charge in [-0.1, -0.05) is 0 Å². The average Bonchev–Trinajstić information content (AvgIpc) is 2.38. The molecule has 0 saturated heterocycles. The highest BCUT2D eigenvalue weighted by Crippen LogP contribution is 2.27. The molecule has 0 saturated carbocycles. The van der Waals surface area contributed by atoms with Crippen LogP contribution in [-0.4, -0.2) is 28.1 Å². The molecule has 1 atom stereocenters. The lowest BCUT2D eigenvalue weighted by Gasteiger charge is -2.13. The number of nitro benzene ring substituents is 1. The Bertz CT molecular complexity index is 564. The van der Waals surface area contributed by atoms with Crippen molar-refractivity contribution < 1.29 is 19.6 Å². The number of hydrogen-bond acceptors (Lipinski definition) is 4. The van der Waals surface area contributed by atoms with Crippen molar-refractivity contribution in [2.75, 3.05) is 5.32 Å². The smallest absolute Gasteiger partial charge is 0.319 e. The van der Waals surface area contributed by atoms with E-state index < -0.39 is 16.9 Å². The van der Waals surface area contributed by atoms with Crippen molar-refractivity contribution in [3.63, 3.8) is 0 Å². The van der Waals surface area contributed by atoms with Crippen LogP contribution >= 0.6 is 15.9 Å². The first kappa shape index (κ1) is 16.9. The van der Waals surface area contributed by atoms with Gasteiger partial charge in [0.25, 0.3) is 5.69 Å². The normalized spacial score (nSPS) is 11.5. The van der Waals surface area contributed by atoms with Crippen LogP contribution in [0.4, 0.5) is 16.2 Å². The topological polar surface area (TPSA) is 122 Å². The van der Waals surface area contributed by atoms with E-state index in [0.717, 1.165) is 0 Å². The van der Waals surface area contributed by atoms with Gasteiger partial charge in [-0.15, -0.1) is 0 Å². The summed E-state index contributed by atoms with van der Waals surface area (Å²) in [4.78, 5) is 32.3. The summed E-state index contributed by atoms with van der Waals surface area (Å²) in [5.74, 6) is -0.937. The number of aliphatic carboxylic acids is 1. The van der Waals surface area contributed by atoms with E-state index in [0.29, 0.717) is 10.9 Å².